The molecule has 0 spiro atoms. The fourth-order valence-corrected chi connectivity index (χ4v) is 4.63. The number of benzene rings is 3. The summed E-state index contributed by atoms with van der Waals surface area (Å²) in [7, 11) is 0. The van der Waals surface area contributed by atoms with Gasteiger partial charge in [0.1, 0.15) is 12.0 Å². The molecule has 0 aromatic heterocycles. The van der Waals surface area contributed by atoms with Crippen LogP contribution in [0.1, 0.15) is 38.3 Å². The summed E-state index contributed by atoms with van der Waals surface area (Å²) in [5.41, 5.74) is 2.41. The van der Waals surface area contributed by atoms with E-state index < -0.39 is 5.66 Å². The molecule has 3 aromatic rings. The second-order valence-corrected chi connectivity index (χ2v) is 8.74. The van der Waals surface area contributed by atoms with Gasteiger partial charge >= 0.3 is 0 Å². The van der Waals surface area contributed by atoms with Gasteiger partial charge in [-0.15, -0.1) is 0 Å². The van der Waals surface area contributed by atoms with Gasteiger partial charge < -0.3 is 0 Å². The molecule has 4 heteroatoms. The SMILES string of the molecule is CCC(C)(C)C1(c2ccccc2)N=CC(c2cccc(F)c2)=C[N+]1(N)c1ccccc1. The third-order valence-corrected chi connectivity index (χ3v) is 6.61. The number of hydrogen-bond donors (Lipinski definition) is 1. The van der Waals surface area contributed by atoms with Gasteiger partial charge in [0.2, 0.25) is 5.66 Å². The number of aliphatic imine (C=N–C) groups is 1. The predicted molar refractivity (Wildman–Crippen MR) is 127 cm³/mol. The highest BCUT2D eigenvalue weighted by molar-refractivity contribution is 6.11. The van der Waals surface area contributed by atoms with Crippen LogP contribution in [-0.2, 0) is 5.66 Å². The number of nitrogens with two attached hydrogens (primary N) is 1. The summed E-state index contributed by atoms with van der Waals surface area (Å²) in [6.07, 6.45) is 4.74. The molecule has 0 bridgehead atoms. The van der Waals surface area contributed by atoms with Crippen molar-refractivity contribution in [3.63, 3.8) is 0 Å². The van der Waals surface area contributed by atoms with E-state index in [0.29, 0.717) is 0 Å². The largest absolute Gasteiger partial charge is 0.250 e. The molecule has 0 fully saturated rings. The molecule has 0 radical (unpaired) electrons. The van der Waals surface area contributed by atoms with E-state index >= 15 is 0 Å². The minimum atomic E-state index is -0.804. The van der Waals surface area contributed by atoms with E-state index in [1.54, 1.807) is 6.07 Å². The first kappa shape index (κ1) is 21.2. The Balaban J connectivity index is 2.05. The molecule has 1 heterocycles. The van der Waals surface area contributed by atoms with Crippen LogP contribution < -0.4 is 10.4 Å². The Morgan fingerprint density at radius 2 is 1.58 bits per heavy atom. The van der Waals surface area contributed by atoms with E-state index in [1.807, 2.05) is 67.0 Å². The Morgan fingerprint density at radius 1 is 0.935 bits per heavy atom. The lowest BCUT2D eigenvalue weighted by molar-refractivity contribution is 0.0180. The molecule has 1 aliphatic rings. The van der Waals surface area contributed by atoms with Crippen LogP contribution in [0.25, 0.3) is 5.57 Å². The van der Waals surface area contributed by atoms with E-state index in [2.05, 4.69) is 32.9 Å². The van der Waals surface area contributed by atoms with Crippen molar-refractivity contribution in [2.75, 3.05) is 0 Å². The first-order chi connectivity index (χ1) is 14.8. The van der Waals surface area contributed by atoms with Crippen molar-refractivity contribution in [3.05, 3.63) is 108 Å². The van der Waals surface area contributed by atoms with Crippen LogP contribution in [0.2, 0.25) is 0 Å². The van der Waals surface area contributed by atoms with Gasteiger partial charge in [-0.05, 0) is 24.1 Å². The van der Waals surface area contributed by atoms with E-state index in [9.17, 15) is 4.39 Å². The van der Waals surface area contributed by atoms with E-state index in [1.165, 1.54) is 12.1 Å². The van der Waals surface area contributed by atoms with Gasteiger partial charge in [-0.25, -0.2) is 9.38 Å². The van der Waals surface area contributed by atoms with Gasteiger partial charge in [-0.3, -0.25) is 0 Å². The normalized spacial score (nSPS) is 23.5. The molecule has 4 rings (SSSR count). The molecule has 0 saturated carbocycles. The van der Waals surface area contributed by atoms with E-state index in [0.717, 1.165) is 28.8 Å². The lowest BCUT2D eigenvalue weighted by Crippen LogP contribution is -2.70. The molecule has 1 aliphatic heterocycles. The number of halogens is 1. The first-order valence-corrected chi connectivity index (χ1v) is 10.7. The van der Waals surface area contributed by atoms with Crippen molar-refractivity contribution in [1.29, 1.82) is 0 Å². The van der Waals surface area contributed by atoms with Crippen LogP contribution >= 0.6 is 0 Å². The molecular weight excluding hydrogens is 385 g/mol. The molecule has 2 atom stereocenters. The lowest BCUT2D eigenvalue weighted by Gasteiger charge is -2.53. The van der Waals surface area contributed by atoms with Crippen molar-refractivity contribution < 1.29 is 4.39 Å². The van der Waals surface area contributed by atoms with Gasteiger partial charge in [0.25, 0.3) is 0 Å². The Morgan fingerprint density at radius 3 is 2.19 bits per heavy atom. The highest BCUT2D eigenvalue weighted by Crippen LogP contribution is 2.54. The van der Waals surface area contributed by atoms with Crippen molar-refractivity contribution in [1.82, 2.24) is 4.59 Å². The Bertz CT molecular complexity index is 1120. The fraction of sp³-hybridized carbons (Fsp3) is 0.222. The number of para-hydroxylation sites is 1. The molecule has 2 N–H and O–H groups in total. The zero-order valence-corrected chi connectivity index (χ0v) is 18.3. The maximum Gasteiger partial charge on any atom is 0.250 e. The second kappa shape index (κ2) is 7.88. The number of rotatable bonds is 5. The summed E-state index contributed by atoms with van der Waals surface area (Å²) in [4.78, 5) is 5.22. The number of nitrogens with zero attached hydrogens (tertiary/aromatic N) is 2. The summed E-state index contributed by atoms with van der Waals surface area (Å²) in [5, 5.41) is 0. The maximum absolute atomic E-state index is 14.0. The molecule has 0 amide bonds. The van der Waals surface area contributed by atoms with E-state index in [4.69, 9.17) is 10.8 Å². The summed E-state index contributed by atoms with van der Waals surface area (Å²) >= 11 is 0. The topological polar surface area (TPSA) is 38.4 Å². The summed E-state index contributed by atoms with van der Waals surface area (Å²) < 4.78 is 13.9. The minimum Gasteiger partial charge on any atom is -0.224 e. The standard InChI is InChI=1S/C27H29FN3/c1-4-26(2,3)27(23-13-7-5-8-14-23)30-19-22(21-12-11-15-24(28)18-21)20-31(27,29)25-16-9-6-10-17-25/h5-20H,4,29H2,1-3H3/q+1. The molecule has 0 saturated heterocycles. The molecule has 2 unspecified atom stereocenters. The van der Waals surface area contributed by atoms with Crippen LogP contribution in [0, 0.1) is 11.2 Å². The molecule has 158 valence electrons. The van der Waals surface area contributed by atoms with Crippen LogP contribution in [0.4, 0.5) is 10.1 Å². The second-order valence-electron chi connectivity index (χ2n) is 8.74. The zero-order valence-electron chi connectivity index (χ0n) is 18.3. The highest BCUT2D eigenvalue weighted by atomic mass is 19.1. The van der Waals surface area contributed by atoms with E-state index in [-0.39, 0.29) is 15.8 Å². The smallest absolute Gasteiger partial charge is 0.224 e. The predicted octanol–water partition coefficient (Wildman–Crippen LogP) is 6.42. The number of allylic oxidation sites excluding steroid dienone is 1. The maximum atomic E-state index is 14.0. The molecule has 0 aliphatic carbocycles. The van der Waals surface area contributed by atoms with Crippen molar-refractivity contribution in [3.8, 4) is 0 Å². The Labute approximate surface area is 183 Å². The van der Waals surface area contributed by atoms with Gasteiger partial charge in [-0.1, -0.05) is 81.4 Å². The molecule has 3 aromatic carbocycles. The van der Waals surface area contributed by atoms with Crippen LogP contribution in [-0.4, -0.2) is 6.21 Å². The third-order valence-electron chi connectivity index (χ3n) is 6.61. The van der Waals surface area contributed by atoms with Crippen LogP contribution in [0.5, 0.6) is 0 Å². The van der Waals surface area contributed by atoms with Crippen LogP contribution in [0.3, 0.4) is 0 Å². The first-order valence-electron chi connectivity index (χ1n) is 10.7. The molecular formula is C27H29FN3+. The van der Waals surface area contributed by atoms with Gasteiger partial charge in [0, 0.05) is 29.3 Å². The molecule has 31 heavy (non-hydrogen) atoms. The lowest BCUT2D eigenvalue weighted by atomic mass is 9.70. The number of hydrogen-bond acceptors (Lipinski definition) is 2. The van der Waals surface area contributed by atoms with Crippen LogP contribution in [0.15, 0.2) is 96.1 Å². The minimum absolute atomic E-state index is 0.0406. The summed E-state index contributed by atoms with van der Waals surface area (Å²) in [5.74, 6) is 7.09. The molecule has 3 nitrogen and oxygen atoms in total. The third kappa shape index (κ3) is 3.32. The van der Waals surface area contributed by atoms with Crippen molar-refractivity contribution >= 4 is 17.5 Å². The monoisotopic (exact) mass is 414 g/mol. The fourth-order valence-electron chi connectivity index (χ4n) is 4.63. The average molecular weight is 415 g/mol. The summed E-state index contributed by atoms with van der Waals surface area (Å²) in [6.45, 7) is 6.59. The number of quaternary nitrogens is 1. The summed E-state index contributed by atoms with van der Waals surface area (Å²) in [6, 6.07) is 26.8. The van der Waals surface area contributed by atoms with Crippen molar-refractivity contribution in [2.45, 2.75) is 32.9 Å². The van der Waals surface area contributed by atoms with Gasteiger partial charge in [-0.2, -0.15) is 10.4 Å². The Kier molecular flexibility index (Phi) is 5.38. The highest BCUT2D eigenvalue weighted by Gasteiger charge is 2.62. The Hall–Kier alpha value is -3.08. The zero-order chi connectivity index (χ0) is 22.1. The van der Waals surface area contributed by atoms with Gasteiger partial charge in [0.15, 0.2) is 5.69 Å². The van der Waals surface area contributed by atoms with Gasteiger partial charge in [0.05, 0.1) is 5.57 Å². The average Bonchev–Trinajstić information content (AvgIpc) is 2.80. The quantitative estimate of drug-likeness (QED) is 0.380. The van der Waals surface area contributed by atoms with Crippen molar-refractivity contribution in [2.24, 2.45) is 16.3 Å².